The predicted octanol–water partition coefficient (Wildman–Crippen LogP) is -0.0408. The standard InChI is InChI=1S/C60H80N12O14/c1-32(2)49(58(83)69-44(29-37-18-11-8-12-19-37)55(80)67-43(28-36-16-9-7-10-17-36)54(79)64-35(6)60(85)86)70-53(78)42(24-26-48(74)75)65-56(81)45(30-38-31-63-40-21-14-13-20-39(38)40)68-52(77)41(23-25-47(62)73)66-57(82)46-22-15-27-72(46)59(84)50(33(3)4)71-51(76)34(5)61/h7-14,16-21,31-35,41-46,49-50,63H,15,22-30,61H2,1-6H3,(H2,62,73)(H,64,79)(H,65,81)(H,66,82)(H,67,80)(H,68,77)(H,69,83)(H,70,78)(H,71,76)(H,74,75)(H,85,86)/t34-,35-,41-,42-,43-,44-,45-,46-,49-,50-/m0/s1. The van der Waals surface area contributed by atoms with Crippen molar-refractivity contribution in [3.8, 4) is 0 Å². The van der Waals surface area contributed by atoms with Crippen LogP contribution in [0.4, 0.5) is 0 Å². The molecule has 0 saturated carbocycles. The third-order valence-corrected chi connectivity index (χ3v) is 14.6. The van der Waals surface area contributed by atoms with Crippen molar-refractivity contribution in [3.63, 3.8) is 0 Å². The van der Waals surface area contributed by atoms with E-state index in [1.54, 1.807) is 119 Å². The Morgan fingerprint density at radius 3 is 1.55 bits per heavy atom. The van der Waals surface area contributed by atoms with E-state index in [-0.39, 0.29) is 38.6 Å². The summed E-state index contributed by atoms with van der Waals surface area (Å²) in [6, 6.07) is 10.8. The third kappa shape index (κ3) is 20.0. The number of hydrogen-bond donors (Lipinski definition) is 13. The van der Waals surface area contributed by atoms with Gasteiger partial charge in [-0.3, -0.25) is 57.5 Å². The maximum absolute atomic E-state index is 14.8. The lowest BCUT2D eigenvalue weighted by Crippen LogP contribution is -2.61. The first-order valence-electron chi connectivity index (χ1n) is 28.6. The van der Waals surface area contributed by atoms with Crippen LogP contribution in [0.25, 0.3) is 10.9 Å². The van der Waals surface area contributed by atoms with Crippen LogP contribution < -0.4 is 54.0 Å². The van der Waals surface area contributed by atoms with Crippen molar-refractivity contribution in [3.05, 3.63) is 108 Å². The highest BCUT2D eigenvalue weighted by Crippen LogP contribution is 2.23. The number of carbonyl (C=O) groups excluding carboxylic acids is 10. The zero-order valence-electron chi connectivity index (χ0n) is 49.1. The van der Waals surface area contributed by atoms with Crippen molar-refractivity contribution in [2.45, 2.75) is 160 Å². The van der Waals surface area contributed by atoms with Gasteiger partial charge in [0.25, 0.3) is 0 Å². The Kier molecular flexibility index (Phi) is 25.3. The number of fused-ring (bicyclic) bond motifs is 1. The van der Waals surface area contributed by atoms with Crippen LogP contribution in [0.2, 0.25) is 0 Å². The number of nitrogens with zero attached hydrogens (tertiary/aromatic N) is 1. The minimum Gasteiger partial charge on any atom is -0.481 e. The number of carbonyl (C=O) groups is 12. The lowest BCUT2D eigenvalue weighted by atomic mass is 9.99. The summed E-state index contributed by atoms with van der Waals surface area (Å²) in [4.78, 5) is 167. The largest absolute Gasteiger partial charge is 0.481 e. The third-order valence-electron chi connectivity index (χ3n) is 14.6. The van der Waals surface area contributed by atoms with E-state index in [0.717, 1.165) is 0 Å². The Morgan fingerprint density at radius 2 is 1.01 bits per heavy atom. The fourth-order valence-electron chi connectivity index (χ4n) is 9.73. The van der Waals surface area contributed by atoms with Crippen molar-refractivity contribution in [2.24, 2.45) is 23.3 Å². The molecular formula is C60H80N12O14. The second kappa shape index (κ2) is 32.2. The molecule has 3 aromatic carbocycles. The first-order valence-corrected chi connectivity index (χ1v) is 28.6. The van der Waals surface area contributed by atoms with Crippen LogP contribution in [-0.2, 0) is 76.8 Å². The minimum atomic E-state index is -1.69. The molecule has 1 fully saturated rings. The number of amides is 10. The number of aliphatic carboxylic acids is 2. The number of nitrogens with one attached hydrogen (secondary N) is 9. The highest BCUT2D eigenvalue weighted by atomic mass is 16.4. The summed E-state index contributed by atoms with van der Waals surface area (Å²) >= 11 is 0. The number of aromatic amines is 1. The molecule has 0 bridgehead atoms. The Balaban J connectivity index is 1.42. The number of para-hydroxylation sites is 1. The number of benzene rings is 3. The van der Waals surface area contributed by atoms with E-state index in [2.05, 4.69) is 47.5 Å². The molecular weight excluding hydrogens is 1110 g/mol. The van der Waals surface area contributed by atoms with Crippen LogP contribution in [0.5, 0.6) is 0 Å². The second-order valence-electron chi connectivity index (χ2n) is 22.2. The summed E-state index contributed by atoms with van der Waals surface area (Å²) < 4.78 is 0. The van der Waals surface area contributed by atoms with Gasteiger partial charge in [0.05, 0.1) is 6.04 Å². The van der Waals surface area contributed by atoms with Gasteiger partial charge in [0, 0.05) is 55.7 Å². The monoisotopic (exact) mass is 1190 g/mol. The average Bonchev–Trinajstić information content (AvgIpc) is 4.35. The van der Waals surface area contributed by atoms with Crippen LogP contribution in [0, 0.1) is 11.8 Å². The Labute approximate surface area is 497 Å². The van der Waals surface area contributed by atoms with Gasteiger partial charge in [-0.2, -0.15) is 0 Å². The molecule has 15 N–H and O–H groups in total. The molecule has 1 aliphatic rings. The summed E-state index contributed by atoms with van der Waals surface area (Å²) in [5.74, 6) is -12.1. The fraction of sp³-hybridized carbons (Fsp3) is 0.467. The van der Waals surface area contributed by atoms with Gasteiger partial charge in [0.1, 0.15) is 54.4 Å². The number of hydrogen-bond acceptors (Lipinski definition) is 13. The minimum absolute atomic E-state index is 0.0645. The van der Waals surface area contributed by atoms with Gasteiger partial charge in [-0.05, 0) is 74.1 Å². The topological polar surface area (TPSA) is 413 Å². The van der Waals surface area contributed by atoms with Gasteiger partial charge in [-0.25, -0.2) is 0 Å². The molecule has 0 spiro atoms. The second-order valence-corrected chi connectivity index (χ2v) is 22.2. The summed E-state index contributed by atoms with van der Waals surface area (Å²) in [5.41, 5.74) is 13.7. The van der Waals surface area contributed by atoms with Gasteiger partial charge in [-0.15, -0.1) is 0 Å². The van der Waals surface area contributed by atoms with Crippen molar-refractivity contribution < 1.29 is 67.7 Å². The van der Waals surface area contributed by atoms with E-state index in [1.807, 2.05) is 0 Å². The van der Waals surface area contributed by atoms with Gasteiger partial charge in [-0.1, -0.05) is 107 Å². The van der Waals surface area contributed by atoms with Crippen molar-refractivity contribution in [1.29, 1.82) is 0 Å². The molecule has 5 rings (SSSR count). The van der Waals surface area contributed by atoms with E-state index in [0.29, 0.717) is 34.0 Å². The molecule has 464 valence electrons. The number of likely N-dealkylation sites (tertiary alicyclic amines) is 1. The number of nitrogens with two attached hydrogens (primary N) is 2. The molecule has 0 aliphatic carbocycles. The molecule has 1 saturated heterocycles. The van der Waals surface area contributed by atoms with Crippen LogP contribution in [0.1, 0.15) is 96.8 Å². The molecule has 1 aromatic heterocycles. The smallest absolute Gasteiger partial charge is 0.325 e. The summed E-state index contributed by atoms with van der Waals surface area (Å²) in [5, 5.41) is 40.9. The lowest BCUT2D eigenvalue weighted by molar-refractivity contribution is -0.143. The molecule has 26 heteroatoms. The number of carboxylic acids is 2. The molecule has 0 unspecified atom stereocenters. The number of rotatable bonds is 32. The molecule has 10 atom stereocenters. The molecule has 4 aromatic rings. The molecule has 26 nitrogen and oxygen atoms in total. The Bertz CT molecular complexity index is 3060. The Morgan fingerprint density at radius 1 is 0.547 bits per heavy atom. The lowest BCUT2D eigenvalue weighted by Gasteiger charge is -2.32. The maximum atomic E-state index is 14.8. The van der Waals surface area contributed by atoms with E-state index in [1.165, 1.54) is 18.7 Å². The molecule has 10 amide bonds. The Hall–Kier alpha value is -9.20. The van der Waals surface area contributed by atoms with Gasteiger partial charge >= 0.3 is 11.9 Å². The quantitative estimate of drug-likeness (QED) is 0.0305. The van der Waals surface area contributed by atoms with Gasteiger partial charge in [0.15, 0.2) is 0 Å². The number of primary amides is 1. The molecule has 86 heavy (non-hydrogen) atoms. The predicted molar refractivity (Wildman–Crippen MR) is 314 cm³/mol. The van der Waals surface area contributed by atoms with Crippen LogP contribution >= 0.6 is 0 Å². The van der Waals surface area contributed by atoms with E-state index in [4.69, 9.17) is 11.5 Å². The van der Waals surface area contributed by atoms with Crippen LogP contribution in [0.15, 0.2) is 91.1 Å². The van der Waals surface area contributed by atoms with Gasteiger partial charge in [0.2, 0.25) is 59.1 Å². The normalized spacial score (nSPS) is 16.2. The van der Waals surface area contributed by atoms with Crippen molar-refractivity contribution >= 4 is 81.9 Å². The van der Waals surface area contributed by atoms with Crippen LogP contribution in [-0.4, -0.2) is 158 Å². The van der Waals surface area contributed by atoms with Crippen molar-refractivity contribution in [2.75, 3.05) is 6.54 Å². The zero-order valence-corrected chi connectivity index (χ0v) is 49.1. The SMILES string of the molecule is CC(C)[C@H](NC(=O)[C@H](CCC(=O)O)NC(=O)[C@H](Cc1c[nH]c2ccccc12)NC(=O)[C@H](CCC(N)=O)NC(=O)[C@@H]1CCCN1C(=O)[C@@H](NC(=O)[C@H](C)N)C(C)C)C(=O)N[C@@H](Cc1ccccc1)C(=O)N[C@@H](Cc1ccccc1)C(=O)N[C@@H](C)C(=O)O. The zero-order chi connectivity index (χ0) is 63.4. The number of aromatic nitrogens is 1. The first-order chi connectivity index (χ1) is 40.7. The molecule has 2 heterocycles. The van der Waals surface area contributed by atoms with E-state index < -0.39 is 163 Å². The molecule has 1 aliphatic heterocycles. The van der Waals surface area contributed by atoms with Gasteiger partial charge < -0.3 is 74.1 Å². The first kappa shape index (κ1) is 67.6. The number of H-pyrrole nitrogens is 1. The van der Waals surface area contributed by atoms with Crippen molar-refractivity contribution in [1.82, 2.24) is 52.4 Å². The summed E-state index contributed by atoms with van der Waals surface area (Å²) in [6.45, 7) is 9.44. The fourth-order valence-corrected chi connectivity index (χ4v) is 9.73. The van der Waals surface area contributed by atoms with E-state index >= 15 is 0 Å². The van der Waals surface area contributed by atoms with E-state index in [9.17, 15) is 67.7 Å². The summed E-state index contributed by atoms with van der Waals surface area (Å²) in [6.07, 6.45) is -0.252. The maximum Gasteiger partial charge on any atom is 0.325 e. The molecule has 0 radical (unpaired) electrons. The summed E-state index contributed by atoms with van der Waals surface area (Å²) in [7, 11) is 0. The highest BCUT2D eigenvalue weighted by molar-refractivity contribution is 5.99. The van der Waals surface area contributed by atoms with Crippen LogP contribution in [0.3, 0.4) is 0 Å². The number of carboxylic acid groups (broad SMARTS) is 2. The average molecular weight is 1190 g/mol. The highest BCUT2D eigenvalue weighted by Gasteiger charge is 2.41.